The molecule has 1 aliphatic heterocycles. The van der Waals surface area contributed by atoms with Gasteiger partial charge in [0.2, 0.25) is 0 Å². The number of hydrogen-bond donors (Lipinski definition) is 1. The fourth-order valence-corrected chi connectivity index (χ4v) is 3.12. The van der Waals surface area contributed by atoms with Gasteiger partial charge < -0.3 is 5.32 Å². The van der Waals surface area contributed by atoms with E-state index in [0.717, 1.165) is 11.4 Å². The first kappa shape index (κ1) is 9.31. The Morgan fingerprint density at radius 1 is 1.47 bits per heavy atom. The molecule has 2 aromatic rings. The molecule has 3 rings (SSSR count). The van der Waals surface area contributed by atoms with Gasteiger partial charge in [0, 0.05) is 0 Å². The van der Waals surface area contributed by atoms with Crippen molar-refractivity contribution in [2.75, 3.05) is 13.1 Å². The van der Waals surface area contributed by atoms with E-state index in [1.165, 1.54) is 36.2 Å². The largest absolute Gasteiger partial charge is 0.316 e. The minimum absolute atomic E-state index is 0.817. The average Bonchev–Trinajstić information content (AvgIpc) is 2.87. The summed E-state index contributed by atoms with van der Waals surface area (Å²) in [5.41, 5.74) is 4.58. The maximum absolute atomic E-state index is 4.36. The van der Waals surface area contributed by atoms with E-state index in [0.29, 0.717) is 0 Å². The second kappa shape index (κ2) is 3.91. The number of fused-ring (bicyclic) bond motifs is 1. The smallest absolute Gasteiger partial charge is 0.0814 e. The molecule has 0 bridgehead atoms. The first-order valence-electron chi connectivity index (χ1n) is 5.45. The van der Waals surface area contributed by atoms with Gasteiger partial charge in [-0.05, 0) is 43.5 Å². The van der Waals surface area contributed by atoms with Crippen molar-refractivity contribution in [3.63, 3.8) is 0 Å². The van der Waals surface area contributed by atoms with Crippen LogP contribution in [-0.4, -0.2) is 18.1 Å². The van der Waals surface area contributed by atoms with Gasteiger partial charge in [-0.25, -0.2) is 4.98 Å². The lowest BCUT2D eigenvalue weighted by molar-refractivity contribution is 0.582. The van der Waals surface area contributed by atoms with Crippen molar-refractivity contribution in [3.05, 3.63) is 29.3 Å². The van der Waals surface area contributed by atoms with Crippen LogP contribution in [0.25, 0.3) is 10.2 Å². The maximum atomic E-state index is 4.36. The van der Waals surface area contributed by atoms with Crippen molar-refractivity contribution in [1.82, 2.24) is 10.3 Å². The first-order chi connectivity index (χ1) is 7.43. The van der Waals surface area contributed by atoms with E-state index in [9.17, 15) is 0 Å². The number of hydrogen-bond acceptors (Lipinski definition) is 3. The molecule has 15 heavy (non-hydrogen) atoms. The fourth-order valence-electron chi connectivity index (χ4n) is 2.31. The summed E-state index contributed by atoms with van der Waals surface area (Å²) in [5.74, 6) is 0.817. The van der Waals surface area contributed by atoms with Gasteiger partial charge in [-0.1, -0.05) is 12.1 Å². The van der Waals surface area contributed by atoms with E-state index >= 15 is 0 Å². The lowest BCUT2D eigenvalue weighted by atomic mass is 9.98. The predicted molar refractivity (Wildman–Crippen MR) is 64.3 cm³/mol. The SMILES string of the molecule is c1cc(CC2CCNC2)c2scnc2c1. The molecule has 0 saturated carbocycles. The van der Waals surface area contributed by atoms with Crippen LogP contribution >= 0.6 is 11.3 Å². The number of rotatable bonds is 2. The molecule has 0 spiro atoms. The molecule has 0 amide bonds. The van der Waals surface area contributed by atoms with Crippen molar-refractivity contribution in [1.29, 1.82) is 0 Å². The Labute approximate surface area is 93.3 Å². The van der Waals surface area contributed by atoms with Gasteiger partial charge >= 0.3 is 0 Å². The van der Waals surface area contributed by atoms with Crippen LogP contribution in [0.4, 0.5) is 0 Å². The van der Waals surface area contributed by atoms with Crippen molar-refractivity contribution in [2.24, 2.45) is 5.92 Å². The number of nitrogens with zero attached hydrogens (tertiary/aromatic N) is 1. The van der Waals surface area contributed by atoms with Crippen LogP contribution in [0.3, 0.4) is 0 Å². The van der Waals surface area contributed by atoms with Gasteiger partial charge in [0.25, 0.3) is 0 Å². The molecular weight excluding hydrogens is 204 g/mol. The summed E-state index contributed by atoms with van der Waals surface area (Å²) in [6.45, 7) is 2.36. The van der Waals surface area contributed by atoms with Crippen LogP contribution in [0, 0.1) is 5.92 Å². The summed E-state index contributed by atoms with van der Waals surface area (Å²) in [5, 5.41) is 3.42. The lowest BCUT2D eigenvalue weighted by Crippen LogP contribution is -2.10. The van der Waals surface area contributed by atoms with Gasteiger partial charge in [0.1, 0.15) is 0 Å². The van der Waals surface area contributed by atoms with Crippen molar-refractivity contribution in [3.8, 4) is 0 Å². The summed E-state index contributed by atoms with van der Waals surface area (Å²) >= 11 is 1.77. The van der Waals surface area contributed by atoms with Gasteiger partial charge in [0.15, 0.2) is 0 Å². The molecule has 1 saturated heterocycles. The molecule has 1 aromatic heterocycles. The van der Waals surface area contributed by atoms with Crippen molar-refractivity contribution >= 4 is 21.6 Å². The highest BCUT2D eigenvalue weighted by molar-refractivity contribution is 7.16. The minimum Gasteiger partial charge on any atom is -0.316 e. The third kappa shape index (κ3) is 1.77. The average molecular weight is 218 g/mol. The minimum atomic E-state index is 0.817. The highest BCUT2D eigenvalue weighted by Gasteiger charge is 2.16. The third-order valence-corrected chi connectivity index (χ3v) is 4.03. The van der Waals surface area contributed by atoms with Crippen molar-refractivity contribution < 1.29 is 0 Å². The molecule has 1 aromatic carbocycles. The Morgan fingerprint density at radius 2 is 2.47 bits per heavy atom. The molecular formula is C12H14N2S. The number of benzene rings is 1. The number of aromatic nitrogens is 1. The molecule has 1 atom stereocenters. The van der Waals surface area contributed by atoms with Crippen LogP contribution in [0.1, 0.15) is 12.0 Å². The molecule has 78 valence electrons. The molecule has 0 aliphatic carbocycles. The van der Waals surface area contributed by atoms with Gasteiger partial charge in [-0.3, -0.25) is 0 Å². The summed E-state index contributed by atoms with van der Waals surface area (Å²) in [4.78, 5) is 4.36. The molecule has 2 heterocycles. The Morgan fingerprint density at radius 3 is 3.33 bits per heavy atom. The number of nitrogens with one attached hydrogen (secondary N) is 1. The van der Waals surface area contributed by atoms with Crippen LogP contribution in [-0.2, 0) is 6.42 Å². The van der Waals surface area contributed by atoms with Gasteiger partial charge in [-0.15, -0.1) is 11.3 Å². The molecule has 1 aliphatic rings. The normalized spacial score (nSPS) is 21.2. The molecule has 1 unspecified atom stereocenters. The second-order valence-electron chi connectivity index (χ2n) is 4.18. The predicted octanol–water partition coefficient (Wildman–Crippen LogP) is 2.45. The Balaban J connectivity index is 1.92. The topological polar surface area (TPSA) is 24.9 Å². The van der Waals surface area contributed by atoms with E-state index < -0.39 is 0 Å². The van der Waals surface area contributed by atoms with Gasteiger partial charge in [0.05, 0.1) is 15.7 Å². The Bertz CT molecular complexity index is 457. The standard InChI is InChI=1S/C12H14N2S/c1-2-10(6-9-4-5-13-7-9)12-11(3-1)14-8-15-12/h1-3,8-9,13H,4-7H2. The fraction of sp³-hybridized carbons (Fsp3) is 0.417. The Hall–Kier alpha value is -0.930. The zero-order chi connectivity index (χ0) is 10.1. The maximum Gasteiger partial charge on any atom is 0.0814 e. The summed E-state index contributed by atoms with van der Waals surface area (Å²) in [6, 6.07) is 6.47. The molecule has 2 nitrogen and oxygen atoms in total. The highest BCUT2D eigenvalue weighted by atomic mass is 32.1. The zero-order valence-electron chi connectivity index (χ0n) is 8.57. The molecule has 1 N–H and O–H groups in total. The second-order valence-corrected chi connectivity index (χ2v) is 5.04. The Kier molecular flexibility index (Phi) is 2.43. The highest BCUT2D eigenvalue weighted by Crippen LogP contribution is 2.25. The number of thiazole rings is 1. The summed E-state index contributed by atoms with van der Waals surface area (Å²) in [7, 11) is 0. The molecule has 3 heteroatoms. The van der Waals surface area contributed by atoms with Gasteiger partial charge in [-0.2, -0.15) is 0 Å². The van der Waals surface area contributed by atoms with Crippen LogP contribution in [0.5, 0.6) is 0 Å². The van der Waals surface area contributed by atoms with E-state index in [-0.39, 0.29) is 0 Å². The first-order valence-corrected chi connectivity index (χ1v) is 6.33. The van der Waals surface area contributed by atoms with Crippen molar-refractivity contribution in [2.45, 2.75) is 12.8 Å². The third-order valence-electron chi connectivity index (χ3n) is 3.11. The van der Waals surface area contributed by atoms with Crippen LogP contribution in [0.15, 0.2) is 23.7 Å². The summed E-state index contributed by atoms with van der Waals surface area (Å²) in [6.07, 6.45) is 2.52. The van der Waals surface area contributed by atoms with Crippen LogP contribution in [0.2, 0.25) is 0 Å². The van der Waals surface area contributed by atoms with Crippen LogP contribution < -0.4 is 5.32 Å². The monoisotopic (exact) mass is 218 g/mol. The van der Waals surface area contributed by atoms with E-state index in [2.05, 4.69) is 28.5 Å². The van der Waals surface area contributed by atoms with E-state index in [4.69, 9.17) is 0 Å². The lowest BCUT2D eigenvalue weighted by Gasteiger charge is -2.08. The molecule has 0 radical (unpaired) electrons. The summed E-state index contributed by atoms with van der Waals surface area (Å²) < 4.78 is 1.38. The van der Waals surface area contributed by atoms with E-state index in [1.807, 2.05) is 5.51 Å². The zero-order valence-corrected chi connectivity index (χ0v) is 9.39. The van der Waals surface area contributed by atoms with E-state index in [1.54, 1.807) is 11.3 Å². The quantitative estimate of drug-likeness (QED) is 0.837. The molecule has 1 fully saturated rings.